The van der Waals surface area contributed by atoms with Gasteiger partial charge in [-0.2, -0.15) is 0 Å². The topological polar surface area (TPSA) is 49.0 Å². The molecule has 0 saturated carbocycles. The summed E-state index contributed by atoms with van der Waals surface area (Å²) < 4.78 is 1.00. The number of halogens is 1. The molecule has 3 heterocycles. The molecule has 1 N–H and O–H groups in total. The number of aromatic nitrogens is 2. The molecule has 1 aromatic carbocycles. The van der Waals surface area contributed by atoms with Crippen molar-refractivity contribution in [2.45, 2.75) is 25.2 Å². The number of fused-ring (bicyclic) bond motifs is 1. The average molecular weight is 398 g/mol. The first-order valence-corrected chi connectivity index (χ1v) is 9.45. The van der Waals surface area contributed by atoms with Crippen LogP contribution in [0.15, 0.2) is 53.3 Å². The summed E-state index contributed by atoms with van der Waals surface area (Å²) in [6.07, 6.45) is 6.37. The van der Waals surface area contributed by atoms with Gasteiger partial charge in [0.25, 0.3) is 0 Å². The first-order valence-electron chi connectivity index (χ1n) is 8.65. The van der Waals surface area contributed by atoms with Crippen molar-refractivity contribution in [3.05, 3.63) is 64.4 Å². The lowest BCUT2D eigenvalue weighted by molar-refractivity contribution is -0.131. The summed E-state index contributed by atoms with van der Waals surface area (Å²) in [4.78, 5) is 22.4. The third kappa shape index (κ3) is 3.33. The van der Waals surface area contributed by atoms with Crippen molar-refractivity contribution in [3.63, 3.8) is 0 Å². The van der Waals surface area contributed by atoms with Crippen molar-refractivity contribution >= 4 is 32.9 Å². The zero-order chi connectivity index (χ0) is 17.2. The number of nitrogens with zero attached hydrogens (tertiary/aromatic N) is 2. The van der Waals surface area contributed by atoms with Gasteiger partial charge in [-0.25, -0.2) is 0 Å². The van der Waals surface area contributed by atoms with E-state index in [-0.39, 0.29) is 5.91 Å². The summed E-state index contributed by atoms with van der Waals surface area (Å²) in [5.74, 6) is 0.679. The number of H-pyrrole nitrogens is 1. The van der Waals surface area contributed by atoms with Crippen molar-refractivity contribution in [1.29, 1.82) is 0 Å². The van der Waals surface area contributed by atoms with Crippen LogP contribution in [0.5, 0.6) is 0 Å². The smallest absolute Gasteiger partial charge is 0.227 e. The van der Waals surface area contributed by atoms with Gasteiger partial charge in [-0.3, -0.25) is 9.78 Å². The van der Waals surface area contributed by atoms with E-state index < -0.39 is 0 Å². The zero-order valence-electron chi connectivity index (χ0n) is 13.9. The number of nitrogens with one attached hydrogen (secondary N) is 1. The van der Waals surface area contributed by atoms with E-state index in [1.807, 2.05) is 41.4 Å². The summed E-state index contributed by atoms with van der Waals surface area (Å²) in [5, 5.41) is 0. The van der Waals surface area contributed by atoms with Crippen molar-refractivity contribution in [2.24, 2.45) is 0 Å². The molecular formula is C20H20BrN3O. The molecule has 1 aliphatic rings. The number of amides is 1. The second-order valence-corrected chi connectivity index (χ2v) is 7.42. The highest BCUT2D eigenvalue weighted by Gasteiger charge is 2.26. The van der Waals surface area contributed by atoms with Crippen molar-refractivity contribution in [1.82, 2.24) is 14.9 Å². The number of rotatable bonds is 3. The highest BCUT2D eigenvalue weighted by molar-refractivity contribution is 9.10. The van der Waals surface area contributed by atoms with Crippen LogP contribution in [-0.2, 0) is 11.2 Å². The first-order chi connectivity index (χ1) is 12.2. The normalized spacial score (nSPS) is 15.6. The standard InChI is InChI=1S/C20H20BrN3O/c21-17-5-2-1-4-15(17)12-19(25)24-10-7-14(8-11-24)16-13-23-18-6-3-9-22-20(16)18/h1-6,9,13-14,23H,7-8,10-12H2. The zero-order valence-corrected chi connectivity index (χ0v) is 15.5. The summed E-state index contributed by atoms with van der Waals surface area (Å²) in [6.45, 7) is 1.63. The molecule has 0 atom stereocenters. The van der Waals surface area contributed by atoms with Gasteiger partial charge in [0.05, 0.1) is 17.5 Å². The fraction of sp³-hybridized carbons (Fsp3) is 0.300. The van der Waals surface area contributed by atoms with Crippen LogP contribution in [0.3, 0.4) is 0 Å². The van der Waals surface area contributed by atoms with E-state index in [1.54, 1.807) is 0 Å². The van der Waals surface area contributed by atoms with Crippen LogP contribution in [0.25, 0.3) is 11.0 Å². The summed E-state index contributed by atoms with van der Waals surface area (Å²) in [7, 11) is 0. The summed E-state index contributed by atoms with van der Waals surface area (Å²) in [6, 6.07) is 11.9. The molecule has 4 rings (SSSR count). The highest BCUT2D eigenvalue weighted by Crippen LogP contribution is 2.32. The second kappa shape index (κ2) is 7.00. The lowest BCUT2D eigenvalue weighted by Gasteiger charge is -2.32. The van der Waals surface area contributed by atoms with E-state index >= 15 is 0 Å². The van der Waals surface area contributed by atoms with Crippen LogP contribution in [0.4, 0.5) is 0 Å². The molecule has 0 unspecified atom stereocenters. The molecule has 1 aliphatic heterocycles. The molecule has 5 heteroatoms. The number of piperidine rings is 1. The quantitative estimate of drug-likeness (QED) is 0.716. The van der Waals surface area contributed by atoms with E-state index in [9.17, 15) is 4.79 Å². The largest absolute Gasteiger partial charge is 0.360 e. The lowest BCUT2D eigenvalue weighted by Crippen LogP contribution is -2.38. The number of hydrogen-bond donors (Lipinski definition) is 1. The van der Waals surface area contributed by atoms with E-state index in [0.717, 1.165) is 47.0 Å². The van der Waals surface area contributed by atoms with Crippen LogP contribution >= 0.6 is 15.9 Å². The maximum atomic E-state index is 12.6. The fourth-order valence-electron chi connectivity index (χ4n) is 3.64. The van der Waals surface area contributed by atoms with E-state index in [1.165, 1.54) is 5.56 Å². The number of carbonyl (C=O) groups excluding carboxylic acids is 1. The van der Waals surface area contributed by atoms with Crippen LogP contribution in [0, 0.1) is 0 Å². The van der Waals surface area contributed by atoms with E-state index in [2.05, 4.69) is 38.2 Å². The van der Waals surface area contributed by atoms with Gasteiger partial charge in [-0.15, -0.1) is 0 Å². The minimum absolute atomic E-state index is 0.211. The molecular weight excluding hydrogens is 378 g/mol. The number of carbonyl (C=O) groups is 1. The monoisotopic (exact) mass is 397 g/mol. The number of aromatic amines is 1. The summed E-state index contributed by atoms with van der Waals surface area (Å²) >= 11 is 3.53. The molecule has 4 nitrogen and oxygen atoms in total. The SMILES string of the molecule is O=C(Cc1ccccc1Br)N1CCC(c2c[nH]c3cccnc23)CC1. The maximum absolute atomic E-state index is 12.6. The molecule has 0 radical (unpaired) electrons. The number of hydrogen-bond acceptors (Lipinski definition) is 2. The van der Waals surface area contributed by atoms with Crippen molar-refractivity contribution in [3.8, 4) is 0 Å². The fourth-order valence-corrected chi connectivity index (χ4v) is 4.07. The minimum Gasteiger partial charge on any atom is -0.360 e. The third-order valence-corrected chi connectivity index (χ3v) is 5.82. The van der Waals surface area contributed by atoms with Gasteiger partial charge in [-0.05, 0) is 48.1 Å². The second-order valence-electron chi connectivity index (χ2n) is 6.57. The van der Waals surface area contributed by atoms with Crippen molar-refractivity contribution < 1.29 is 4.79 Å². The maximum Gasteiger partial charge on any atom is 0.227 e. The van der Waals surface area contributed by atoms with Crippen LogP contribution in [0.1, 0.15) is 29.9 Å². The molecule has 1 saturated heterocycles. The first kappa shape index (κ1) is 16.3. The molecule has 25 heavy (non-hydrogen) atoms. The summed E-state index contributed by atoms with van der Waals surface area (Å²) in [5.41, 5.74) is 4.49. The number of likely N-dealkylation sites (tertiary alicyclic amines) is 1. The molecule has 2 aromatic heterocycles. The third-order valence-electron chi connectivity index (χ3n) is 5.05. The predicted octanol–water partition coefficient (Wildman–Crippen LogP) is 4.27. The van der Waals surface area contributed by atoms with Gasteiger partial charge in [-0.1, -0.05) is 34.1 Å². The number of benzene rings is 1. The van der Waals surface area contributed by atoms with Gasteiger partial charge < -0.3 is 9.88 Å². The molecule has 0 spiro atoms. The Balaban J connectivity index is 1.41. The molecule has 1 amide bonds. The Morgan fingerprint density at radius 2 is 2.00 bits per heavy atom. The predicted molar refractivity (Wildman–Crippen MR) is 102 cm³/mol. The Bertz CT molecular complexity index is 897. The van der Waals surface area contributed by atoms with Gasteiger partial charge >= 0.3 is 0 Å². The molecule has 0 bridgehead atoms. The van der Waals surface area contributed by atoms with Crippen LogP contribution < -0.4 is 0 Å². The molecule has 3 aromatic rings. The van der Waals surface area contributed by atoms with Gasteiger partial charge in [0.2, 0.25) is 5.91 Å². The van der Waals surface area contributed by atoms with Crippen molar-refractivity contribution in [2.75, 3.05) is 13.1 Å². The Morgan fingerprint density at radius 3 is 2.80 bits per heavy atom. The van der Waals surface area contributed by atoms with E-state index in [4.69, 9.17) is 0 Å². The Hall–Kier alpha value is -2.14. The molecule has 128 valence electrons. The highest BCUT2D eigenvalue weighted by atomic mass is 79.9. The number of pyridine rings is 1. The van der Waals surface area contributed by atoms with Gasteiger partial charge in [0.1, 0.15) is 0 Å². The molecule has 0 aliphatic carbocycles. The van der Waals surface area contributed by atoms with E-state index in [0.29, 0.717) is 12.3 Å². The Labute approximate surface area is 155 Å². The van der Waals surface area contributed by atoms with Gasteiger partial charge in [0.15, 0.2) is 0 Å². The Kier molecular flexibility index (Phi) is 4.57. The van der Waals surface area contributed by atoms with Gasteiger partial charge in [0, 0.05) is 30.0 Å². The minimum atomic E-state index is 0.211. The average Bonchev–Trinajstić information content (AvgIpc) is 3.08. The molecule has 1 fully saturated rings. The Morgan fingerprint density at radius 1 is 1.20 bits per heavy atom. The van der Waals surface area contributed by atoms with Crippen LogP contribution in [-0.4, -0.2) is 33.9 Å². The van der Waals surface area contributed by atoms with Crippen LogP contribution in [0.2, 0.25) is 0 Å². The lowest BCUT2D eigenvalue weighted by atomic mass is 9.90.